The third-order valence-electron chi connectivity index (χ3n) is 5.84. The predicted octanol–water partition coefficient (Wildman–Crippen LogP) is 3.60. The lowest BCUT2D eigenvalue weighted by molar-refractivity contribution is 0.391. The van der Waals surface area contributed by atoms with Crippen molar-refractivity contribution in [1.82, 2.24) is 15.5 Å². The fourth-order valence-corrected chi connectivity index (χ4v) is 5.80. The maximum absolute atomic E-state index is 5.61. The van der Waals surface area contributed by atoms with Gasteiger partial charge in [0.15, 0.2) is 10.3 Å². The molecule has 0 aromatic heterocycles. The molecule has 132 valence electrons. The quantitative estimate of drug-likeness (QED) is 0.746. The van der Waals surface area contributed by atoms with E-state index in [9.17, 15) is 0 Å². The van der Waals surface area contributed by atoms with Crippen molar-refractivity contribution in [2.45, 2.75) is 69.9 Å². The van der Waals surface area contributed by atoms with Gasteiger partial charge >= 0.3 is 0 Å². The third kappa shape index (κ3) is 3.74. The van der Waals surface area contributed by atoms with Crippen LogP contribution >= 0.6 is 24.0 Å². The number of aliphatic imine (C=N–C) groups is 1. The Balaban J connectivity index is 1.28. The fraction of sp³-hybridized carbons (Fsp3) is 0.778. The zero-order valence-electron chi connectivity index (χ0n) is 14.3. The van der Waals surface area contributed by atoms with Crippen molar-refractivity contribution in [3.63, 3.8) is 0 Å². The molecule has 2 N–H and O–H groups in total. The normalized spacial score (nSPS) is 30.1. The number of thioether (sulfide) groups is 1. The molecule has 4 rings (SSSR count). The standard InChI is InChI=1S/C18H28N4S2/c23-17(20-14-6-2-1-3-7-14)21-16-8-4-5-13(16)11-15-12-24-18-19-9-10-22(15)18/h12-14,16H,1-11H2,(H2,20,21,23). The lowest BCUT2D eigenvalue weighted by Gasteiger charge is -2.28. The van der Waals surface area contributed by atoms with Gasteiger partial charge < -0.3 is 15.5 Å². The van der Waals surface area contributed by atoms with Crippen molar-refractivity contribution in [2.24, 2.45) is 10.9 Å². The van der Waals surface area contributed by atoms with Gasteiger partial charge in [0.2, 0.25) is 0 Å². The number of fused-ring (bicyclic) bond motifs is 1. The number of thiocarbonyl (C=S) groups is 1. The Morgan fingerprint density at radius 2 is 2.04 bits per heavy atom. The summed E-state index contributed by atoms with van der Waals surface area (Å²) in [6.45, 7) is 2.03. The van der Waals surface area contributed by atoms with Crippen LogP contribution in [0.25, 0.3) is 0 Å². The minimum Gasteiger partial charge on any atom is -0.360 e. The highest BCUT2D eigenvalue weighted by molar-refractivity contribution is 8.16. The van der Waals surface area contributed by atoms with E-state index < -0.39 is 0 Å². The topological polar surface area (TPSA) is 39.7 Å². The molecule has 4 aliphatic rings. The first-order valence-electron chi connectivity index (χ1n) is 9.54. The van der Waals surface area contributed by atoms with Crippen LogP contribution in [0.1, 0.15) is 57.8 Å². The number of hydrogen-bond donors (Lipinski definition) is 2. The van der Waals surface area contributed by atoms with Crippen LogP contribution in [0, 0.1) is 5.92 Å². The number of nitrogens with zero attached hydrogens (tertiary/aromatic N) is 2. The van der Waals surface area contributed by atoms with E-state index in [1.807, 2.05) is 0 Å². The Morgan fingerprint density at radius 1 is 1.17 bits per heavy atom. The summed E-state index contributed by atoms with van der Waals surface area (Å²) in [5.41, 5.74) is 1.47. The van der Waals surface area contributed by atoms with Crippen molar-refractivity contribution < 1.29 is 0 Å². The Morgan fingerprint density at radius 3 is 2.92 bits per heavy atom. The van der Waals surface area contributed by atoms with E-state index in [1.165, 1.54) is 62.2 Å². The van der Waals surface area contributed by atoms with Gasteiger partial charge in [-0.3, -0.25) is 4.99 Å². The van der Waals surface area contributed by atoms with Gasteiger partial charge in [-0.05, 0) is 55.6 Å². The molecule has 4 nitrogen and oxygen atoms in total. The monoisotopic (exact) mass is 364 g/mol. The van der Waals surface area contributed by atoms with Crippen molar-refractivity contribution in [1.29, 1.82) is 0 Å². The van der Waals surface area contributed by atoms with E-state index in [4.69, 9.17) is 12.2 Å². The molecule has 0 aromatic carbocycles. The van der Waals surface area contributed by atoms with Gasteiger partial charge in [0.05, 0.1) is 6.54 Å². The first kappa shape index (κ1) is 16.7. The van der Waals surface area contributed by atoms with Gasteiger partial charge in [0, 0.05) is 24.3 Å². The highest BCUT2D eigenvalue weighted by Crippen LogP contribution is 2.37. The van der Waals surface area contributed by atoms with Crippen LogP contribution in [-0.4, -0.2) is 40.4 Å². The number of hydrogen-bond acceptors (Lipinski definition) is 4. The summed E-state index contributed by atoms with van der Waals surface area (Å²) in [6, 6.07) is 1.12. The molecule has 2 fully saturated rings. The van der Waals surface area contributed by atoms with E-state index in [0.717, 1.165) is 24.6 Å². The second kappa shape index (κ2) is 7.65. The SMILES string of the molecule is S=C(NC1CCCCC1)NC1CCCC1CC1=CSC2=NCCN12. The zero-order valence-corrected chi connectivity index (χ0v) is 15.9. The molecule has 0 amide bonds. The molecule has 6 heteroatoms. The molecule has 2 saturated carbocycles. The van der Waals surface area contributed by atoms with Gasteiger partial charge in [-0.15, -0.1) is 0 Å². The van der Waals surface area contributed by atoms with Crippen molar-refractivity contribution >= 4 is 34.3 Å². The average Bonchev–Trinajstić information content (AvgIpc) is 3.28. The summed E-state index contributed by atoms with van der Waals surface area (Å²) < 4.78 is 0. The molecule has 0 spiro atoms. The number of amidine groups is 1. The molecule has 0 saturated heterocycles. The van der Waals surface area contributed by atoms with Crippen molar-refractivity contribution in [2.75, 3.05) is 13.1 Å². The number of nitrogens with one attached hydrogen (secondary N) is 2. The highest BCUT2D eigenvalue weighted by atomic mass is 32.2. The summed E-state index contributed by atoms with van der Waals surface area (Å²) in [7, 11) is 0. The summed E-state index contributed by atoms with van der Waals surface area (Å²) in [4.78, 5) is 6.98. The van der Waals surface area contributed by atoms with E-state index in [1.54, 1.807) is 11.8 Å². The molecular formula is C18H28N4S2. The number of rotatable bonds is 4. The first-order chi connectivity index (χ1) is 11.8. The van der Waals surface area contributed by atoms with Crippen molar-refractivity contribution in [3.05, 3.63) is 11.1 Å². The van der Waals surface area contributed by atoms with Gasteiger partial charge in [0.1, 0.15) is 0 Å². The predicted molar refractivity (Wildman–Crippen MR) is 106 cm³/mol. The minimum absolute atomic E-state index is 0.531. The smallest absolute Gasteiger partial charge is 0.167 e. The second-order valence-electron chi connectivity index (χ2n) is 7.50. The third-order valence-corrected chi connectivity index (χ3v) is 7.02. The second-order valence-corrected chi connectivity index (χ2v) is 8.74. The van der Waals surface area contributed by atoms with Crippen LogP contribution in [0.5, 0.6) is 0 Å². The summed E-state index contributed by atoms with van der Waals surface area (Å²) in [5.74, 6) is 0.697. The summed E-state index contributed by atoms with van der Waals surface area (Å²) in [5, 5.41) is 11.6. The molecule has 2 atom stereocenters. The summed E-state index contributed by atoms with van der Waals surface area (Å²) in [6.07, 6.45) is 11.7. The van der Waals surface area contributed by atoms with E-state index in [-0.39, 0.29) is 0 Å². The molecule has 0 bridgehead atoms. The fourth-order valence-electron chi connectivity index (χ4n) is 4.52. The van der Waals surface area contributed by atoms with Crippen LogP contribution < -0.4 is 10.6 Å². The van der Waals surface area contributed by atoms with Crippen LogP contribution in [-0.2, 0) is 0 Å². The number of allylic oxidation sites excluding steroid dienone is 1. The zero-order chi connectivity index (χ0) is 16.4. The molecule has 0 aromatic rings. The first-order valence-corrected chi connectivity index (χ1v) is 10.8. The van der Waals surface area contributed by atoms with E-state index in [2.05, 4.69) is 25.9 Å². The van der Waals surface area contributed by atoms with Crippen LogP contribution in [0.2, 0.25) is 0 Å². The largest absolute Gasteiger partial charge is 0.360 e. The molecular weight excluding hydrogens is 336 g/mol. The van der Waals surface area contributed by atoms with Gasteiger partial charge in [-0.1, -0.05) is 37.4 Å². The lowest BCUT2D eigenvalue weighted by Crippen LogP contribution is -2.47. The van der Waals surface area contributed by atoms with E-state index in [0.29, 0.717) is 18.0 Å². The lowest BCUT2D eigenvalue weighted by atomic mass is 9.95. The molecule has 2 unspecified atom stereocenters. The maximum atomic E-state index is 5.61. The molecule has 0 radical (unpaired) electrons. The molecule has 2 aliphatic heterocycles. The Bertz CT molecular complexity index is 539. The Kier molecular flexibility index (Phi) is 5.32. The van der Waals surface area contributed by atoms with Crippen molar-refractivity contribution in [3.8, 4) is 0 Å². The Labute approximate surface area is 154 Å². The van der Waals surface area contributed by atoms with Crippen LogP contribution in [0.4, 0.5) is 0 Å². The average molecular weight is 365 g/mol. The molecule has 24 heavy (non-hydrogen) atoms. The highest BCUT2D eigenvalue weighted by Gasteiger charge is 2.33. The Hall–Kier alpha value is -0.750. The van der Waals surface area contributed by atoms with Crippen LogP contribution in [0.3, 0.4) is 0 Å². The summed E-state index contributed by atoms with van der Waals surface area (Å²) >= 11 is 7.41. The molecule has 2 heterocycles. The van der Waals surface area contributed by atoms with Gasteiger partial charge in [-0.25, -0.2) is 0 Å². The van der Waals surface area contributed by atoms with Gasteiger partial charge in [-0.2, -0.15) is 0 Å². The van der Waals surface area contributed by atoms with Crippen LogP contribution in [0.15, 0.2) is 16.1 Å². The maximum Gasteiger partial charge on any atom is 0.167 e. The van der Waals surface area contributed by atoms with E-state index >= 15 is 0 Å². The minimum atomic E-state index is 0.531. The van der Waals surface area contributed by atoms with Gasteiger partial charge in [0.25, 0.3) is 0 Å². The molecule has 2 aliphatic carbocycles.